The van der Waals surface area contributed by atoms with Gasteiger partial charge in [0, 0.05) is 26.3 Å². The van der Waals surface area contributed by atoms with Gasteiger partial charge >= 0.3 is 0 Å². The van der Waals surface area contributed by atoms with Crippen LogP contribution < -0.4 is 19.7 Å². The van der Waals surface area contributed by atoms with E-state index in [1.165, 1.54) is 11.1 Å². The summed E-state index contributed by atoms with van der Waals surface area (Å²) >= 11 is 0. The number of nitrogens with zero attached hydrogens (tertiary/aromatic N) is 3. The lowest BCUT2D eigenvalue weighted by molar-refractivity contribution is 0.354. The number of hydrogen-bond donors (Lipinski definition) is 1. The highest BCUT2D eigenvalue weighted by Crippen LogP contribution is 2.27. The van der Waals surface area contributed by atoms with Crippen LogP contribution in [0.4, 0.5) is 11.8 Å². The maximum absolute atomic E-state index is 5.36. The van der Waals surface area contributed by atoms with Crippen molar-refractivity contribution < 1.29 is 9.47 Å². The predicted molar refractivity (Wildman–Crippen MR) is 112 cm³/mol. The Kier molecular flexibility index (Phi) is 6.68. The highest BCUT2D eigenvalue weighted by Gasteiger charge is 2.07. The van der Waals surface area contributed by atoms with Gasteiger partial charge in [0.2, 0.25) is 5.95 Å². The maximum Gasteiger partial charge on any atom is 0.227 e. The first kappa shape index (κ1) is 19.5. The van der Waals surface area contributed by atoms with E-state index in [-0.39, 0.29) is 0 Å². The molecule has 6 heteroatoms. The van der Waals surface area contributed by atoms with E-state index >= 15 is 0 Å². The fraction of sp³-hybridized carbons (Fsp3) is 0.273. The molecule has 3 aromatic rings. The minimum atomic E-state index is 0.694. The van der Waals surface area contributed by atoms with E-state index in [2.05, 4.69) is 27.4 Å². The van der Waals surface area contributed by atoms with Gasteiger partial charge in [-0.2, -0.15) is 4.98 Å². The molecule has 0 saturated carbocycles. The average molecular weight is 378 g/mol. The topological polar surface area (TPSA) is 59.5 Å². The van der Waals surface area contributed by atoms with Crippen LogP contribution >= 0.6 is 0 Å². The Balaban J connectivity index is 1.57. The molecule has 0 aliphatic rings. The van der Waals surface area contributed by atoms with E-state index in [1.807, 2.05) is 54.4 Å². The largest absolute Gasteiger partial charge is 0.493 e. The van der Waals surface area contributed by atoms with Crippen molar-refractivity contribution in [1.82, 2.24) is 9.97 Å². The van der Waals surface area contributed by atoms with Crippen LogP contribution in [0.15, 0.2) is 60.8 Å². The number of aromatic nitrogens is 2. The number of anilines is 2. The number of rotatable bonds is 9. The second kappa shape index (κ2) is 9.60. The molecule has 0 spiro atoms. The van der Waals surface area contributed by atoms with Gasteiger partial charge in [-0.15, -0.1) is 0 Å². The Labute approximate surface area is 166 Å². The minimum Gasteiger partial charge on any atom is -0.493 e. The van der Waals surface area contributed by atoms with Gasteiger partial charge in [0.05, 0.1) is 14.2 Å². The third-order valence-electron chi connectivity index (χ3n) is 4.41. The van der Waals surface area contributed by atoms with Crippen LogP contribution in [0, 0.1) is 0 Å². The fourth-order valence-corrected chi connectivity index (χ4v) is 2.93. The molecular weight excluding hydrogens is 352 g/mol. The molecule has 6 nitrogen and oxygen atoms in total. The van der Waals surface area contributed by atoms with Gasteiger partial charge in [0.25, 0.3) is 0 Å². The minimum absolute atomic E-state index is 0.694. The molecule has 0 fully saturated rings. The number of nitrogens with one attached hydrogen (secondary N) is 1. The fourth-order valence-electron chi connectivity index (χ4n) is 2.93. The van der Waals surface area contributed by atoms with E-state index in [1.54, 1.807) is 20.4 Å². The van der Waals surface area contributed by atoms with Gasteiger partial charge in [-0.25, -0.2) is 4.98 Å². The van der Waals surface area contributed by atoms with Crippen molar-refractivity contribution in [2.45, 2.75) is 13.0 Å². The lowest BCUT2D eigenvalue weighted by Gasteiger charge is -2.18. The highest BCUT2D eigenvalue weighted by molar-refractivity contribution is 5.44. The molecule has 0 amide bonds. The molecule has 0 aliphatic carbocycles. The molecule has 146 valence electrons. The van der Waals surface area contributed by atoms with E-state index in [4.69, 9.17) is 9.47 Å². The molecule has 1 heterocycles. The van der Waals surface area contributed by atoms with Crippen molar-refractivity contribution in [2.75, 3.05) is 38.0 Å². The van der Waals surface area contributed by atoms with Crippen molar-refractivity contribution >= 4 is 11.8 Å². The maximum atomic E-state index is 5.36. The number of methoxy groups -OCH3 is 2. The van der Waals surface area contributed by atoms with E-state index in [0.717, 1.165) is 36.8 Å². The van der Waals surface area contributed by atoms with Gasteiger partial charge in [-0.05, 0) is 35.7 Å². The molecule has 0 unspecified atom stereocenters. The smallest absolute Gasteiger partial charge is 0.227 e. The molecule has 0 bridgehead atoms. The Morgan fingerprint density at radius 3 is 2.46 bits per heavy atom. The third-order valence-corrected chi connectivity index (χ3v) is 4.41. The SMILES string of the molecule is COc1ccc(CCNc2ccnc(N(C)Cc3ccccc3)n2)cc1OC. The van der Waals surface area contributed by atoms with Gasteiger partial charge in [-0.3, -0.25) is 0 Å². The molecule has 0 radical (unpaired) electrons. The first-order chi connectivity index (χ1) is 13.7. The van der Waals surface area contributed by atoms with E-state index in [0.29, 0.717) is 5.95 Å². The Morgan fingerprint density at radius 1 is 0.929 bits per heavy atom. The summed E-state index contributed by atoms with van der Waals surface area (Å²) in [4.78, 5) is 11.0. The normalized spacial score (nSPS) is 10.4. The molecule has 2 aromatic carbocycles. The number of ether oxygens (including phenoxy) is 2. The Hall–Kier alpha value is -3.28. The van der Waals surface area contributed by atoms with Crippen LogP contribution in [0.2, 0.25) is 0 Å². The van der Waals surface area contributed by atoms with Crippen molar-refractivity contribution in [3.63, 3.8) is 0 Å². The van der Waals surface area contributed by atoms with Crippen LogP contribution in [0.25, 0.3) is 0 Å². The summed E-state index contributed by atoms with van der Waals surface area (Å²) in [5.41, 5.74) is 2.39. The number of benzene rings is 2. The molecule has 0 aliphatic heterocycles. The quantitative estimate of drug-likeness (QED) is 0.611. The molecule has 3 rings (SSSR count). The summed E-state index contributed by atoms with van der Waals surface area (Å²) in [6, 6.07) is 18.1. The van der Waals surface area contributed by atoms with Crippen molar-refractivity contribution in [3.8, 4) is 11.5 Å². The van der Waals surface area contributed by atoms with Crippen LogP contribution in [-0.4, -0.2) is 37.8 Å². The zero-order chi connectivity index (χ0) is 19.8. The zero-order valence-electron chi connectivity index (χ0n) is 16.6. The highest BCUT2D eigenvalue weighted by atomic mass is 16.5. The van der Waals surface area contributed by atoms with Crippen molar-refractivity contribution in [1.29, 1.82) is 0 Å². The summed E-state index contributed by atoms with van der Waals surface area (Å²) in [5, 5.41) is 3.37. The molecule has 1 N–H and O–H groups in total. The first-order valence-electron chi connectivity index (χ1n) is 9.22. The summed E-state index contributed by atoms with van der Waals surface area (Å²) in [6.07, 6.45) is 2.63. The summed E-state index contributed by atoms with van der Waals surface area (Å²) in [6.45, 7) is 1.52. The molecule has 28 heavy (non-hydrogen) atoms. The summed E-state index contributed by atoms with van der Waals surface area (Å²) in [5.74, 6) is 2.98. The van der Waals surface area contributed by atoms with Crippen LogP contribution in [0.5, 0.6) is 11.5 Å². The van der Waals surface area contributed by atoms with Crippen LogP contribution in [-0.2, 0) is 13.0 Å². The first-order valence-corrected chi connectivity index (χ1v) is 9.22. The number of hydrogen-bond acceptors (Lipinski definition) is 6. The van der Waals surface area contributed by atoms with E-state index < -0.39 is 0 Å². The third kappa shape index (κ3) is 5.13. The Morgan fingerprint density at radius 2 is 1.71 bits per heavy atom. The predicted octanol–water partition coefficient (Wildman–Crippen LogP) is 3.78. The molecular formula is C22H26N4O2. The summed E-state index contributed by atoms with van der Waals surface area (Å²) < 4.78 is 10.6. The molecule has 1 aromatic heterocycles. The molecule has 0 saturated heterocycles. The van der Waals surface area contributed by atoms with Crippen LogP contribution in [0.3, 0.4) is 0 Å². The van der Waals surface area contributed by atoms with Crippen LogP contribution in [0.1, 0.15) is 11.1 Å². The van der Waals surface area contributed by atoms with Gasteiger partial charge in [-0.1, -0.05) is 36.4 Å². The Bertz CT molecular complexity index is 887. The average Bonchev–Trinajstić information content (AvgIpc) is 2.74. The molecule has 0 atom stereocenters. The van der Waals surface area contributed by atoms with Crippen molar-refractivity contribution in [3.05, 3.63) is 71.9 Å². The lowest BCUT2D eigenvalue weighted by Crippen LogP contribution is -2.19. The monoisotopic (exact) mass is 378 g/mol. The van der Waals surface area contributed by atoms with Gasteiger partial charge < -0.3 is 19.7 Å². The van der Waals surface area contributed by atoms with Gasteiger partial charge in [0.15, 0.2) is 11.5 Å². The second-order valence-corrected chi connectivity index (χ2v) is 6.45. The summed E-state index contributed by atoms with van der Waals surface area (Å²) in [7, 11) is 5.28. The van der Waals surface area contributed by atoms with Gasteiger partial charge in [0.1, 0.15) is 5.82 Å². The second-order valence-electron chi connectivity index (χ2n) is 6.45. The van der Waals surface area contributed by atoms with E-state index in [9.17, 15) is 0 Å². The lowest BCUT2D eigenvalue weighted by atomic mass is 10.1. The van der Waals surface area contributed by atoms with Crippen molar-refractivity contribution in [2.24, 2.45) is 0 Å². The zero-order valence-corrected chi connectivity index (χ0v) is 16.6. The standard InChI is InChI=1S/C22H26N4O2/c1-26(16-18-7-5-4-6-8-18)22-24-14-12-21(25-22)23-13-11-17-9-10-19(27-2)20(15-17)28-3/h4-10,12,14-15H,11,13,16H2,1-3H3,(H,23,24,25).